The first-order chi connectivity index (χ1) is 3.65. The summed E-state index contributed by atoms with van der Waals surface area (Å²) in [5.74, 6) is 0. The molecule has 4 heteroatoms. The van der Waals surface area contributed by atoms with Crippen LogP contribution in [-0.2, 0) is 0 Å². The van der Waals surface area contributed by atoms with Gasteiger partial charge in [-0.2, -0.15) is 10.5 Å². The van der Waals surface area contributed by atoms with E-state index in [1.165, 1.54) is 12.1 Å². The Bertz CT molecular complexity index is 96.4. The van der Waals surface area contributed by atoms with E-state index in [1.54, 1.807) is 13.8 Å². The number of rotatable bonds is 0. The number of hydrogen-bond acceptors (Lipinski definition) is 3. The summed E-state index contributed by atoms with van der Waals surface area (Å²) in [7, 11) is 0. The highest BCUT2D eigenvalue weighted by molar-refractivity contribution is 8.93. The molecule has 0 aliphatic carbocycles. The predicted octanol–water partition coefficient (Wildman–Crippen LogP) is 0.999. The van der Waals surface area contributed by atoms with E-state index in [9.17, 15) is 0 Å². The third kappa shape index (κ3) is 1240. The lowest BCUT2D eigenvalue weighted by Gasteiger charge is -1.80. The van der Waals surface area contributed by atoms with Gasteiger partial charge < -0.3 is 5.11 Å². The van der Waals surface area contributed by atoms with Gasteiger partial charge in [-0.15, -0.1) is 17.0 Å². The first-order valence-electron chi connectivity index (χ1n) is 2.11. The molecule has 52 valence electrons. The molecule has 9 heavy (non-hydrogen) atoms. The highest BCUT2D eigenvalue weighted by Crippen LogP contribution is 1.65. The average molecular weight is 193 g/mol. The third-order valence-corrected chi connectivity index (χ3v) is 0.0500. The normalized spacial score (nSPS) is 5.11. The minimum Gasteiger partial charge on any atom is -0.394 e. The quantitative estimate of drug-likeness (QED) is 0.623. The fourth-order valence-electron chi connectivity index (χ4n) is 0. The van der Waals surface area contributed by atoms with E-state index in [0.29, 0.717) is 0 Å². The highest BCUT2D eigenvalue weighted by Gasteiger charge is 1.69. The Morgan fingerprint density at radius 3 is 1.33 bits per heavy atom. The van der Waals surface area contributed by atoms with Gasteiger partial charge in [0.1, 0.15) is 0 Å². The highest BCUT2D eigenvalue weighted by atomic mass is 79.9. The van der Waals surface area contributed by atoms with Gasteiger partial charge in [-0.05, 0) is 13.8 Å². The topological polar surface area (TPSA) is 67.8 Å². The van der Waals surface area contributed by atoms with Gasteiger partial charge in [0.2, 0.25) is 0 Å². The number of aliphatic hydroxyl groups is 1. The number of aliphatic hydroxyl groups excluding tert-OH is 1. The van der Waals surface area contributed by atoms with Crippen LogP contribution >= 0.6 is 17.0 Å². The molecule has 0 heterocycles. The van der Waals surface area contributed by atoms with E-state index >= 15 is 0 Å². The Morgan fingerprint density at radius 2 is 1.33 bits per heavy atom. The second kappa shape index (κ2) is 15.7. The number of nitriles is 2. The molecule has 0 rings (SSSR count). The zero-order valence-electron chi connectivity index (χ0n) is 5.33. The molecule has 0 spiro atoms. The molecule has 0 unspecified atom stereocenters. The molecule has 0 atom stereocenters. The van der Waals surface area contributed by atoms with Crippen molar-refractivity contribution in [2.45, 2.75) is 20.0 Å². The van der Waals surface area contributed by atoms with E-state index in [2.05, 4.69) is 0 Å². The van der Waals surface area contributed by atoms with E-state index < -0.39 is 0 Å². The third-order valence-electron chi connectivity index (χ3n) is 0.0500. The Labute approximate surface area is 65.3 Å². The van der Waals surface area contributed by atoms with Crippen molar-refractivity contribution in [3.05, 3.63) is 0 Å². The molecule has 0 radical (unpaired) electrons. The van der Waals surface area contributed by atoms with Crippen LogP contribution < -0.4 is 0 Å². The SMILES string of the molecule is Br.CC(C)O.N#CC#N. The Balaban J connectivity index is -0.0000000720. The first kappa shape index (κ1) is 15.8. The molecule has 0 aromatic heterocycles. The van der Waals surface area contributed by atoms with E-state index in [-0.39, 0.29) is 23.1 Å². The fourth-order valence-corrected chi connectivity index (χ4v) is 0. The van der Waals surface area contributed by atoms with Crippen LogP contribution in [0.2, 0.25) is 0 Å². The molecule has 3 nitrogen and oxygen atoms in total. The van der Waals surface area contributed by atoms with Gasteiger partial charge in [0.25, 0.3) is 0 Å². The van der Waals surface area contributed by atoms with Crippen LogP contribution in [0.4, 0.5) is 0 Å². The molecular weight excluding hydrogens is 184 g/mol. The van der Waals surface area contributed by atoms with Gasteiger partial charge in [0.05, 0.1) is 0 Å². The minimum absolute atomic E-state index is 0. The average Bonchev–Trinajstić information content (AvgIpc) is 1.65. The summed E-state index contributed by atoms with van der Waals surface area (Å²) in [6.07, 6.45) is -0.167. The summed E-state index contributed by atoms with van der Waals surface area (Å²) < 4.78 is 0. The van der Waals surface area contributed by atoms with Crippen molar-refractivity contribution in [3.8, 4) is 12.1 Å². The zero-order chi connectivity index (χ0) is 6.99. The molecule has 0 aromatic rings. The summed E-state index contributed by atoms with van der Waals surface area (Å²) in [6.45, 7) is 3.44. The van der Waals surface area contributed by atoms with Crippen molar-refractivity contribution in [3.63, 3.8) is 0 Å². The number of nitrogens with zero attached hydrogens (tertiary/aromatic N) is 2. The summed E-state index contributed by atoms with van der Waals surface area (Å²) in [5, 5.41) is 22.6. The second-order valence-electron chi connectivity index (χ2n) is 1.32. The van der Waals surface area contributed by atoms with Gasteiger partial charge in [-0.25, -0.2) is 0 Å². The summed E-state index contributed by atoms with van der Waals surface area (Å²) in [5.41, 5.74) is 0. The van der Waals surface area contributed by atoms with Crippen molar-refractivity contribution in [1.82, 2.24) is 0 Å². The lowest BCUT2D eigenvalue weighted by molar-refractivity contribution is 0.216. The first-order valence-corrected chi connectivity index (χ1v) is 2.11. The van der Waals surface area contributed by atoms with Crippen LogP contribution in [0.5, 0.6) is 0 Å². The van der Waals surface area contributed by atoms with Crippen LogP contribution in [0.3, 0.4) is 0 Å². The number of halogens is 1. The van der Waals surface area contributed by atoms with E-state index in [0.717, 1.165) is 0 Å². The van der Waals surface area contributed by atoms with Gasteiger partial charge in [-0.3, -0.25) is 0 Å². The summed E-state index contributed by atoms with van der Waals surface area (Å²) in [6, 6.07) is 2.47. The largest absolute Gasteiger partial charge is 0.394 e. The summed E-state index contributed by atoms with van der Waals surface area (Å²) >= 11 is 0. The van der Waals surface area contributed by atoms with Crippen LogP contribution in [0.1, 0.15) is 13.8 Å². The van der Waals surface area contributed by atoms with Crippen LogP contribution in [-0.4, -0.2) is 11.2 Å². The van der Waals surface area contributed by atoms with E-state index in [1.807, 2.05) is 0 Å². The lowest BCUT2D eigenvalue weighted by atomic mass is 10.5. The maximum Gasteiger partial charge on any atom is 0.181 e. The number of hydrogen-bond donors (Lipinski definition) is 1. The molecule has 0 aliphatic heterocycles. The van der Waals surface area contributed by atoms with Crippen molar-refractivity contribution in [2.75, 3.05) is 0 Å². The second-order valence-corrected chi connectivity index (χ2v) is 1.32. The zero-order valence-corrected chi connectivity index (χ0v) is 7.04. The molecule has 0 bridgehead atoms. The van der Waals surface area contributed by atoms with Crippen molar-refractivity contribution >= 4 is 17.0 Å². The lowest BCUT2D eigenvalue weighted by Crippen LogP contribution is -1.85. The molecule has 0 aromatic carbocycles. The van der Waals surface area contributed by atoms with E-state index in [4.69, 9.17) is 15.6 Å². The Kier molecular flexibility index (Phi) is 27.4. The maximum absolute atomic E-state index is 8.06. The van der Waals surface area contributed by atoms with Crippen LogP contribution in [0, 0.1) is 22.7 Å². The maximum atomic E-state index is 8.06. The Hall–Kier alpha value is -0.580. The van der Waals surface area contributed by atoms with Gasteiger partial charge in [0.15, 0.2) is 12.1 Å². The van der Waals surface area contributed by atoms with Crippen LogP contribution in [0.15, 0.2) is 0 Å². The van der Waals surface area contributed by atoms with Gasteiger partial charge in [-0.1, -0.05) is 0 Å². The molecule has 1 N–H and O–H groups in total. The molecule has 0 saturated heterocycles. The van der Waals surface area contributed by atoms with Crippen molar-refractivity contribution in [2.24, 2.45) is 0 Å². The molecule has 0 saturated carbocycles. The monoisotopic (exact) mass is 192 g/mol. The predicted molar refractivity (Wildman–Crippen MR) is 38.9 cm³/mol. The smallest absolute Gasteiger partial charge is 0.181 e. The van der Waals surface area contributed by atoms with Crippen molar-refractivity contribution < 1.29 is 5.11 Å². The van der Waals surface area contributed by atoms with Crippen molar-refractivity contribution in [1.29, 1.82) is 10.5 Å². The fraction of sp³-hybridized carbons (Fsp3) is 0.600. The standard InChI is InChI=1S/C3H8O.C2N2.BrH/c1-3(2)4;3-1-2-4;/h3-4H,1-2H3;;1H. The minimum atomic E-state index is -0.167. The molecule has 0 amide bonds. The molecular formula is C5H9BrN2O. The molecule has 0 aliphatic rings. The van der Waals surface area contributed by atoms with Crippen LogP contribution in [0.25, 0.3) is 0 Å². The molecule has 0 fully saturated rings. The summed E-state index contributed by atoms with van der Waals surface area (Å²) in [4.78, 5) is 0. The Morgan fingerprint density at radius 1 is 1.22 bits per heavy atom. The van der Waals surface area contributed by atoms with Gasteiger partial charge in [0, 0.05) is 6.10 Å². The van der Waals surface area contributed by atoms with Gasteiger partial charge >= 0.3 is 0 Å².